The van der Waals surface area contributed by atoms with Crippen LogP contribution in [0.15, 0.2) is 42.2 Å². The van der Waals surface area contributed by atoms with Gasteiger partial charge in [-0.1, -0.05) is 18.2 Å². The summed E-state index contributed by atoms with van der Waals surface area (Å²) < 4.78 is 10.5. The van der Waals surface area contributed by atoms with Crippen LogP contribution in [-0.2, 0) is 14.3 Å². The maximum Gasteiger partial charge on any atom is 0.373 e. The number of carbonyl (C=O) groups excluding carboxylic acids is 1. The standard InChI is InChI=1S/C16H18O4/c1-2-19-16(18)15-11-13(5-3-4-10-20-15)12-6-8-14(17)9-7-12/h5-9,11,17H,2-4,10H2,1H3. The summed E-state index contributed by atoms with van der Waals surface area (Å²) in [5, 5.41) is 9.33. The summed E-state index contributed by atoms with van der Waals surface area (Å²) in [6, 6.07) is 6.85. The molecule has 1 aliphatic rings. The molecule has 0 saturated heterocycles. The Hall–Kier alpha value is -2.23. The quantitative estimate of drug-likeness (QED) is 0.861. The second-order valence-electron chi connectivity index (χ2n) is 4.43. The number of rotatable bonds is 3. The molecular formula is C16H18O4. The molecule has 2 rings (SSSR count). The van der Waals surface area contributed by atoms with Crippen LogP contribution < -0.4 is 0 Å². The number of benzene rings is 1. The number of ether oxygens (including phenoxy) is 2. The van der Waals surface area contributed by atoms with Crippen molar-refractivity contribution >= 4 is 11.5 Å². The molecule has 0 unspecified atom stereocenters. The highest BCUT2D eigenvalue weighted by Crippen LogP contribution is 2.23. The van der Waals surface area contributed by atoms with Crippen LogP contribution in [0.1, 0.15) is 25.3 Å². The second-order valence-corrected chi connectivity index (χ2v) is 4.43. The molecule has 4 heteroatoms. The smallest absolute Gasteiger partial charge is 0.373 e. The van der Waals surface area contributed by atoms with Gasteiger partial charge in [0.25, 0.3) is 0 Å². The first-order valence-corrected chi connectivity index (χ1v) is 6.72. The van der Waals surface area contributed by atoms with E-state index in [-0.39, 0.29) is 11.5 Å². The largest absolute Gasteiger partial charge is 0.508 e. The van der Waals surface area contributed by atoms with Gasteiger partial charge < -0.3 is 14.6 Å². The van der Waals surface area contributed by atoms with E-state index < -0.39 is 5.97 Å². The number of carbonyl (C=O) groups is 1. The van der Waals surface area contributed by atoms with Crippen LogP contribution in [0.3, 0.4) is 0 Å². The zero-order valence-electron chi connectivity index (χ0n) is 11.5. The van der Waals surface area contributed by atoms with Gasteiger partial charge >= 0.3 is 5.97 Å². The van der Waals surface area contributed by atoms with Crippen molar-refractivity contribution in [1.29, 1.82) is 0 Å². The first-order chi connectivity index (χ1) is 9.70. The van der Waals surface area contributed by atoms with Crippen LogP contribution in [0, 0.1) is 0 Å². The third kappa shape index (κ3) is 3.63. The average molecular weight is 274 g/mol. The van der Waals surface area contributed by atoms with E-state index >= 15 is 0 Å². The molecule has 1 aromatic carbocycles. The third-order valence-corrected chi connectivity index (χ3v) is 2.93. The van der Waals surface area contributed by atoms with Crippen molar-refractivity contribution in [2.45, 2.75) is 19.8 Å². The van der Waals surface area contributed by atoms with Gasteiger partial charge in [0.05, 0.1) is 13.2 Å². The number of aromatic hydroxyl groups is 1. The van der Waals surface area contributed by atoms with Gasteiger partial charge in [-0.2, -0.15) is 0 Å². The van der Waals surface area contributed by atoms with Crippen molar-refractivity contribution < 1.29 is 19.4 Å². The fourth-order valence-electron chi connectivity index (χ4n) is 1.94. The van der Waals surface area contributed by atoms with Gasteiger partial charge in [0.15, 0.2) is 0 Å². The monoisotopic (exact) mass is 274 g/mol. The van der Waals surface area contributed by atoms with Crippen molar-refractivity contribution in [3.63, 3.8) is 0 Å². The van der Waals surface area contributed by atoms with E-state index in [2.05, 4.69) is 6.08 Å². The van der Waals surface area contributed by atoms with E-state index in [4.69, 9.17) is 9.47 Å². The summed E-state index contributed by atoms with van der Waals surface area (Å²) in [6.45, 7) is 2.58. The Kier molecular flexibility index (Phi) is 4.82. The fourth-order valence-corrected chi connectivity index (χ4v) is 1.94. The molecule has 106 valence electrons. The van der Waals surface area contributed by atoms with Crippen LogP contribution in [0.25, 0.3) is 5.57 Å². The lowest BCUT2D eigenvalue weighted by Crippen LogP contribution is -2.12. The molecule has 0 radical (unpaired) electrons. The fraction of sp³-hybridized carbons (Fsp3) is 0.312. The van der Waals surface area contributed by atoms with Gasteiger partial charge in [-0.05, 0) is 49.1 Å². The lowest BCUT2D eigenvalue weighted by Gasteiger charge is -2.13. The molecule has 1 aromatic rings. The van der Waals surface area contributed by atoms with E-state index in [1.165, 1.54) is 0 Å². The molecule has 20 heavy (non-hydrogen) atoms. The minimum atomic E-state index is -0.445. The van der Waals surface area contributed by atoms with E-state index in [0.717, 1.165) is 24.0 Å². The highest BCUT2D eigenvalue weighted by molar-refractivity contribution is 5.90. The van der Waals surface area contributed by atoms with Crippen molar-refractivity contribution in [1.82, 2.24) is 0 Å². The SMILES string of the molecule is CCOC(=O)C1=CC(c2ccc(O)cc2)=CCCCO1. The maximum absolute atomic E-state index is 11.8. The molecule has 0 aliphatic carbocycles. The van der Waals surface area contributed by atoms with Gasteiger partial charge in [0.1, 0.15) is 5.75 Å². The first-order valence-electron chi connectivity index (χ1n) is 6.72. The van der Waals surface area contributed by atoms with E-state index in [9.17, 15) is 9.90 Å². The van der Waals surface area contributed by atoms with Crippen LogP contribution in [0.2, 0.25) is 0 Å². The molecule has 1 aliphatic heterocycles. The van der Waals surface area contributed by atoms with E-state index in [0.29, 0.717) is 13.2 Å². The number of hydrogen-bond acceptors (Lipinski definition) is 4. The highest BCUT2D eigenvalue weighted by Gasteiger charge is 2.15. The number of hydrogen-bond donors (Lipinski definition) is 1. The van der Waals surface area contributed by atoms with Crippen LogP contribution >= 0.6 is 0 Å². The molecule has 0 spiro atoms. The summed E-state index contributed by atoms with van der Waals surface area (Å²) in [5.41, 5.74) is 1.82. The highest BCUT2D eigenvalue weighted by atomic mass is 16.6. The van der Waals surface area contributed by atoms with Crippen molar-refractivity contribution in [2.24, 2.45) is 0 Å². The number of phenolic OH excluding ortho intramolecular Hbond substituents is 1. The summed E-state index contributed by atoms with van der Waals surface area (Å²) in [4.78, 5) is 11.8. The minimum absolute atomic E-state index is 0.214. The Morgan fingerprint density at radius 3 is 2.80 bits per heavy atom. The topological polar surface area (TPSA) is 55.8 Å². The molecule has 0 bridgehead atoms. The van der Waals surface area contributed by atoms with Crippen molar-refractivity contribution in [2.75, 3.05) is 13.2 Å². The van der Waals surface area contributed by atoms with E-state index in [1.54, 1.807) is 25.1 Å². The van der Waals surface area contributed by atoms with Gasteiger partial charge in [0, 0.05) is 0 Å². The van der Waals surface area contributed by atoms with Crippen LogP contribution in [0.4, 0.5) is 0 Å². The summed E-state index contributed by atoms with van der Waals surface area (Å²) in [6.07, 6.45) is 5.48. The number of phenols is 1. The predicted molar refractivity (Wildman–Crippen MR) is 76.0 cm³/mol. The molecule has 0 saturated carbocycles. The zero-order chi connectivity index (χ0) is 14.4. The second kappa shape index (κ2) is 6.80. The maximum atomic E-state index is 11.8. The Morgan fingerprint density at radius 1 is 1.35 bits per heavy atom. The van der Waals surface area contributed by atoms with E-state index in [1.807, 2.05) is 12.1 Å². The summed E-state index contributed by atoms with van der Waals surface area (Å²) in [7, 11) is 0. The third-order valence-electron chi connectivity index (χ3n) is 2.93. The molecule has 1 N–H and O–H groups in total. The van der Waals surface area contributed by atoms with Gasteiger partial charge in [-0.3, -0.25) is 0 Å². The Morgan fingerprint density at radius 2 is 2.10 bits per heavy atom. The Bertz CT molecular complexity index is 526. The lowest BCUT2D eigenvalue weighted by atomic mass is 10.0. The van der Waals surface area contributed by atoms with Crippen LogP contribution in [-0.4, -0.2) is 24.3 Å². The minimum Gasteiger partial charge on any atom is -0.508 e. The first kappa shape index (κ1) is 14.2. The van der Waals surface area contributed by atoms with Crippen molar-refractivity contribution in [3.05, 3.63) is 47.7 Å². The number of allylic oxidation sites excluding steroid dienone is 3. The van der Waals surface area contributed by atoms with Gasteiger partial charge in [0.2, 0.25) is 5.76 Å². The molecule has 0 amide bonds. The predicted octanol–water partition coefficient (Wildman–Crippen LogP) is 3.03. The Labute approximate surface area is 118 Å². The lowest BCUT2D eigenvalue weighted by molar-refractivity contribution is -0.142. The van der Waals surface area contributed by atoms with Gasteiger partial charge in [-0.25, -0.2) is 4.79 Å². The average Bonchev–Trinajstić information content (AvgIpc) is 2.40. The number of esters is 1. The molecular weight excluding hydrogens is 256 g/mol. The molecule has 0 atom stereocenters. The Balaban J connectivity index is 2.30. The molecule has 1 heterocycles. The summed E-state index contributed by atoms with van der Waals surface area (Å²) >= 11 is 0. The summed E-state index contributed by atoms with van der Waals surface area (Å²) in [5.74, 6) is -0.00371. The molecule has 0 aromatic heterocycles. The van der Waals surface area contributed by atoms with Crippen molar-refractivity contribution in [3.8, 4) is 5.75 Å². The molecule has 4 nitrogen and oxygen atoms in total. The normalized spacial score (nSPS) is 15.2. The zero-order valence-corrected chi connectivity index (χ0v) is 11.5. The van der Waals surface area contributed by atoms with Crippen LogP contribution in [0.5, 0.6) is 5.75 Å². The van der Waals surface area contributed by atoms with Gasteiger partial charge in [-0.15, -0.1) is 0 Å². The molecule has 0 fully saturated rings.